The molecule has 2 N–H and O–H groups in total. The molecule has 3 heteroatoms. The van der Waals surface area contributed by atoms with Gasteiger partial charge < -0.3 is 15.2 Å². The molecule has 0 aliphatic carbocycles. The molecule has 0 fully saturated rings. The molecule has 0 amide bonds. The van der Waals surface area contributed by atoms with Gasteiger partial charge in [0.15, 0.2) is 0 Å². The lowest BCUT2D eigenvalue weighted by molar-refractivity contribution is 0.171. The summed E-state index contributed by atoms with van der Waals surface area (Å²) in [5.41, 5.74) is 2.09. The van der Waals surface area contributed by atoms with Gasteiger partial charge in [-0.2, -0.15) is 0 Å². The number of ether oxygens (including phenoxy) is 1. The average molecular weight is 209 g/mol. The molecule has 0 aliphatic heterocycles. The fourth-order valence-electron chi connectivity index (χ4n) is 1.45. The average Bonchev–Trinajstić information content (AvgIpc) is 2.20. The second-order valence-corrected chi connectivity index (χ2v) is 3.87. The van der Waals surface area contributed by atoms with Crippen LogP contribution in [-0.4, -0.2) is 24.9 Å². The molecule has 1 aromatic rings. The third-order valence-electron chi connectivity index (χ3n) is 2.29. The summed E-state index contributed by atoms with van der Waals surface area (Å²) in [6, 6.07) is 5.90. The Morgan fingerprint density at radius 1 is 1.47 bits per heavy atom. The van der Waals surface area contributed by atoms with Gasteiger partial charge in [0.1, 0.15) is 5.75 Å². The van der Waals surface area contributed by atoms with Crippen molar-refractivity contribution < 1.29 is 9.84 Å². The minimum Gasteiger partial charge on any atom is -0.508 e. The number of rotatable bonds is 5. The van der Waals surface area contributed by atoms with Crippen LogP contribution in [0.4, 0.5) is 0 Å². The van der Waals surface area contributed by atoms with Crippen LogP contribution in [0, 0.1) is 6.92 Å². The molecule has 1 rings (SSSR count). The number of phenolic OH excluding ortho intramolecular Hbond substituents is 1. The normalized spacial score (nSPS) is 12.7. The standard InChI is InChI=1S/C12H19NO2/c1-9-4-5-12(14)11(6-9)7-13-10(2)8-15-3/h4-6,10,13-14H,7-8H2,1-3H3/t10-/m1/s1. The predicted octanol–water partition coefficient (Wildman–Crippen LogP) is 1.83. The zero-order valence-corrected chi connectivity index (χ0v) is 9.58. The van der Waals surface area contributed by atoms with Crippen LogP contribution in [0.5, 0.6) is 5.75 Å². The second kappa shape index (κ2) is 5.73. The lowest BCUT2D eigenvalue weighted by Crippen LogP contribution is -2.29. The first-order valence-electron chi connectivity index (χ1n) is 5.14. The van der Waals surface area contributed by atoms with Crippen LogP contribution in [-0.2, 0) is 11.3 Å². The van der Waals surface area contributed by atoms with Crippen molar-refractivity contribution in [2.75, 3.05) is 13.7 Å². The first-order valence-corrected chi connectivity index (χ1v) is 5.14. The molecule has 0 spiro atoms. The van der Waals surface area contributed by atoms with E-state index in [0.29, 0.717) is 18.9 Å². The van der Waals surface area contributed by atoms with Gasteiger partial charge in [-0.1, -0.05) is 17.7 Å². The van der Waals surface area contributed by atoms with E-state index in [1.807, 2.05) is 19.1 Å². The quantitative estimate of drug-likeness (QED) is 0.777. The molecule has 0 aromatic heterocycles. The zero-order valence-electron chi connectivity index (χ0n) is 9.58. The van der Waals surface area contributed by atoms with Gasteiger partial charge in [-0.3, -0.25) is 0 Å². The van der Waals surface area contributed by atoms with Gasteiger partial charge in [-0.05, 0) is 19.9 Å². The fourth-order valence-corrected chi connectivity index (χ4v) is 1.45. The van der Waals surface area contributed by atoms with Gasteiger partial charge in [0.2, 0.25) is 0 Å². The lowest BCUT2D eigenvalue weighted by atomic mass is 10.1. The number of methoxy groups -OCH3 is 1. The van der Waals surface area contributed by atoms with Gasteiger partial charge in [0, 0.05) is 25.3 Å². The Morgan fingerprint density at radius 3 is 2.87 bits per heavy atom. The van der Waals surface area contributed by atoms with E-state index in [-0.39, 0.29) is 6.04 Å². The van der Waals surface area contributed by atoms with Gasteiger partial charge >= 0.3 is 0 Å². The smallest absolute Gasteiger partial charge is 0.120 e. The summed E-state index contributed by atoms with van der Waals surface area (Å²) in [5, 5.41) is 12.9. The summed E-state index contributed by atoms with van der Waals surface area (Å²) in [5.74, 6) is 0.345. The minimum atomic E-state index is 0.287. The van der Waals surface area contributed by atoms with Gasteiger partial charge in [-0.15, -0.1) is 0 Å². The maximum Gasteiger partial charge on any atom is 0.120 e. The number of hydrogen-bond donors (Lipinski definition) is 2. The number of phenols is 1. The third-order valence-corrected chi connectivity index (χ3v) is 2.29. The van der Waals surface area contributed by atoms with Crippen molar-refractivity contribution in [1.82, 2.24) is 5.32 Å². The van der Waals surface area contributed by atoms with Crippen LogP contribution in [0.2, 0.25) is 0 Å². The largest absolute Gasteiger partial charge is 0.508 e. The summed E-state index contributed by atoms with van der Waals surface area (Å²) in [4.78, 5) is 0. The highest BCUT2D eigenvalue weighted by Crippen LogP contribution is 2.17. The molecule has 0 heterocycles. The summed E-state index contributed by atoms with van der Waals surface area (Å²) in [6.07, 6.45) is 0. The Hall–Kier alpha value is -1.06. The molecule has 84 valence electrons. The number of benzene rings is 1. The number of hydrogen-bond acceptors (Lipinski definition) is 3. The molecule has 0 unspecified atom stereocenters. The Balaban J connectivity index is 2.53. The third kappa shape index (κ3) is 3.90. The van der Waals surface area contributed by atoms with Crippen LogP contribution in [0.15, 0.2) is 18.2 Å². The van der Waals surface area contributed by atoms with E-state index < -0.39 is 0 Å². The first-order chi connectivity index (χ1) is 7.13. The van der Waals surface area contributed by atoms with E-state index in [1.54, 1.807) is 13.2 Å². The van der Waals surface area contributed by atoms with Gasteiger partial charge in [-0.25, -0.2) is 0 Å². The molecule has 1 aromatic carbocycles. The van der Waals surface area contributed by atoms with Crippen molar-refractivity contribution in [3.8, 4) is 5.75 Å². The molecular formula is C12H19NO2. The van der Waals surface area contributed by atoms with Crippen LogP contribution in [0.25, 0.3) is 0 Å². The van der Waals surface area contributed by atoms with E-state index in [4.69, 9.17) is 4.74 Å². The summed E-state index contributed by atoms with van der Waals surface area (Å²) in [7, 11) is 1.68. The maximum absolute atomic E-state index is 9.61. The highest BCUT2D eigenvalue weighted by molar-refractivity contribution is 5.35. The Labute approximate surface area is 91.1 Å². The van der Waals surface area contributed by atoms with E-state index in [9.17, 15) is 5.11 Å². The molecule has 0 bridgehead atoms. The second-order valence-electron chi connectivity index (χ2n) is 3.87. The first kappa shape index (κ1) is 12.0. The summed E-state index contributed by atoms with van der Waals surface area (Å²) < 4.78 is 5.02. The monoisotopic (exact) mass is 209 g/mol. The van der Waals surface area contributed by atoms with Crippen molar-refractivity contribution in [3.63, 3.8) is 0 Å². The fraction of sp³-hybridized carbons (Fsp3) is 0.500. The van der Waals surface area contributed by atoms with Gasteiger partial charge in [0.05, 0.1) is 6.61 Å². The number of nitrogens with one attached hydrogen (secondary N) is 1. The van der Waals surface area contributed by atoms with Crippen molar-refractivity contribution in [2.45, 2.75) is 26.4 Å². The minimum absolute atomic E-state index is 0.287. The molecule has 1 atom stereocenters. The summed E-state index contributed by atoms with van der Waals surface area (Å²) >= 11 is 0. The molecule has 0 aliphatic rings. The van der Waals surface area contributed by atoms with Crippen molar-refractivity contribution >= 4 is 0 Å². The number of aryl methyl sites for hydroxylation is 1. The molecule has 0 radical (unpaired) electrons. The van der Waals surface area contributed by atoms with Crippen molar-refractivity contribution in [2.24, 2.45) is 0 Å². The van der Waals surface area contributed by atoms with E-state index >= 15 is 0 Å². The van der Waals surface area contributed by atoms with E-state index in [1.165, 1.54) is 0 Å². The predicted molar refractivity (Wildman–Crippen MR) is 61.0 cm³/mol. The molecular weight excluding hydrogens is 190 g/mol. The Bertz CT molecular complexity index is 312. The Kier molecular flexibility index (Phi) is 4.59. The maximum atomic E-state index is 9.61. The highest BCUT2D eigenvalue weighted by Gasteiger charge is 2.04. The van der Waals surface area contributed by atoms with Crippen LogP contribution >= 0.6 is 0 Å². The van der Waals surface area contributed by atoms with Gasteiger partial charge in [0.25, 0.3) is 0 Å². The van der Waals surface area contributed by atoms with E-state index in [0.717, 1.165) is 11.1 Å². The number of aromatic hydroxyl groups is 1. The Morgan fingerprint density at radius 2 is 2.20 bits per heavy atom. The van der Waals surface area contributed by atoms with Crippen LogP contribution < -0.4 is 5.32 Å². The van der Waals surface area contributed by atoms with Crippen molar-refractivity contribution in [3.05, 3.63) is 29.3 Å². The van der Waals surface area contributed by atoms with Crippen LogP contribution in [0.1, 0.15) is 18.1 Å². The topological polar surface area (TPSA) is 41.5 Å². The van der Waals surface area contributed by atoms with E-state index in [2.05, 4.69) is 12.2 Å². The SMILES string of the molecule is COC[C@@H](C)NCc1cc(C)ccc1O. The molecule has 3 nitrogen and oxygen atoms in total. The highest BCUT2D eigenvalue weighted by atomic mass is 16.5. The lowest BCUT2D eigenvalue weighted by Gasteiger charge is -2.13. The summed E-state index contributed by atoms with van der Waals surface area (Å²) in [6.45, 7) is 5.41. The van der Waals surface area contributed by atoms with Crippen LogP contribution in [0.3, 0.4) is 0 Å². The van der Waals surface area contributed by atoms with Crippen molar-refractivity contribution in [1.29, 1.82) is 0 Å². The zero-order chi connectivity index (χ0) is 11.3. The molecule has 0 saturated carbocycles. The molecule has 0 saturated heterocycles. The molecule has 15 heavy (non-hydrogen) atoms.